The van der Waals surface area contributed by atoms with Gasteiger partial charge in [-0.1, -0.05) is 32.0 Å². The van der Waals surface area contributed by atoms with Gasteiger partial charge >= 0.3 is 0 Å². The van der Waals surface area contributed by atoms with Crippen molar-refractivity contribution < 1.29 is 4.74 Å². The first-order chi connectivity index (χ1) is 6.75. The van der Waals surface area contributed by atoms with E-state index in [1.54, 1.807) is 0 Å². The molecule has 0 radical (unpaired) electrons. The van der Waals surface area contributed by atoms with Gasteiger partial charge in [-0.15, -0.1) is 0 Å². The van der Waals surface area contributed by atoms with Gasteiger partial charge in [0.05, 0.1) is 0 Å². The second kappa shape index (κ2) is 5.66. The third kappa shape index (κ3) is 3.04. The van der Waals surface area contributed by atoms with Crippen molar-refractivity contribution in [1.29, 1.82) is 0 Å². The van der Waals surface area contributed by atoms with Gasteiger partial charge < -0.3 is 10.1 Å². The van der Waals surface area contributed by atoms with Crippen molar-refractivity contribution in [2.45, 2.75) is 19.8 Å². The molecule has 0 aliphatic rings. The summed E-state index contributed by atoms with van der Waals surface area (Å²) in [6, 6.07) is 8.23. The Hall–Kier alpha value is -1.02. The van der Waals surface area contributed by atoms with Gasteiger partial charge in [0.1, 0.15) is 12.4 Å². The van der Waals surface area contributed by atoms with Crippen molar-refractivity contribution in [2.24, 2.45) is 0 Å². The van der Waals surface area contributed by atoms with E-state index in [1.807, 2.05) is 19.2 Å². The smallest absolute Gasteiger partial charge is 0.122 e. The zero-order valence-electron chi connectivity index (χ0n) is 9.21. The summed E-state index contributed by atoms with van der Waals surface area (Å²) in [6.45, 7) is 5.97. The van der Waals surface area contributed by atoms with E-state index < -0.39 is 0 Å². The summed E-state index contributed by atoms with van der Waals surface area (Å²) in [6.07, 6.45) is 0. The number of ether oxygens (including phenoxy) is 1. The Labute approximate surface area is 86.3 Å². The molecule has 1 rings (SSSR count). The summed E-state index contributed by atoms with van der Waals surface area (Å²) in [5.41, 5.74) is 1.28. The Balaban J connectivity index is 2.64. The Bertz CT molecular complexity index is 271. The highest BCUT2D eigenvalue weighted by molar-refractivity contribution is 5.35. The molecule has 1 aromatic carbocycles. The normalized spacial score (nSPS) is 10.6. The molecule has 78 valence electrons. The van der Waals surface area contributed by atoms with Crippen molar-refractivity contribution in [1.82, 2.24) is 5.32 Å². The molecule has 0 heterocycles. The molecule has 0 fully saturated rings. The third-order valence-electron chi connectivity index (χ3n) is 2.15. The van der Waals surface area contributed by atoms with Gasteiger partial charge in [0.2, 0.25) is 0 Å². The second-order valence-electron chi connectivity index (χ2n) is 3.64. The van der Waals surface area contributed by atoms with Crippen LogP contribution in [-0.4, -0.2) is 20.2 Å². The number of likely N-dealkylation sites (N-methyl/N-ethyl adjacent to an activating group) is 1. The summed E-state index contributed by atoms with van der Waals surface area (Å²) in [5, 5.41) is 3.06. The maximum atomic E-state index is 5.68. The van der Waals surface area contributed by atoms with Gasteiger partial charge in [-0.3, -0.25) is 0 Å². The lowest BCUT2D eigenvalue weighted by Gasteiger charge is -2.13. The van der Waals surface area contributed by atoms with Crippen molar-refractivity contribution in [3.8, 4) is 5.75 Å². The Kier molecular flexibility index (Phi) is 4.47. The van der Waals surface area contributed by atoms with E-state index >= 15 is 0 Å². The zero-order chi connectivity index (χ0) is 10.4. The molecule has 0 saturated carbocycles. The second-order valence-corrected chi connectivity index (χ2v) is 3.64. The van der Waals surface area contributed by atoms with E-state index in [0.717, 1.165) is 18.9 Å². The maximum absolute atomic E-state index is 5.68. The van der Waals surface area contributed by atoms with Crippen LogP contribution < -0.4 is 10.1 Å². The molecule has 0 atom stereocenters. The minimum Gasteiger partial charge on any atom is -0.492 e. The van der Waals surface area contributed by atoms with E-state index in [9.17, 15) is 0 Å². The van der Waals surface area contributed by atoms with Crippen LogP contribution in [0.15, 0.2) is 24.3 Å². The predicted molar refractivity (Wildman–Crippen MR) is 60.0 cm³/mol. The van der Waals surface area contributed by atoms with Crippen LogP contribution in [0.2, 0.25) is 0 Å². The molecule has 1 aromatic rings. The minimum atomic E-state index is 0.515. The first-order valence-electron chi connectivity index (χ1n) is 5.12. The van der Waals surface area contributed by atoms with Gasteiger partial charge in [-0.25, -0.2) is 0 Å². The highest BCUT2D eigenvalue weighted by atomic mass is 16.5. The first-order valence-corrected chi connectivity index (χ1v) is 5.12. The van der Waals surface area contributed by atoms with Gasteiger partial charge in [0.15, 0.2) is 0 Å². The average molecular weight is 193 g/mol. The fraction of sp³-hybridized carbons (Fsp3) is 0.500. The van der Waals surface area contributed by atoms with Crippen LogP contribution in [0.25, 0.3) is 0 Å². The van der Waals surface area contributed by atoms with Crippen molar-refractivity contribution >= 4 is 0 Å². The molecule has 0 unspecified atom stereocenters. The molecule has 1 N–H and O–H groups in total. The highest BCUT2D eigenvalue weighted by Crippen LogP contribution is 2.25. The van der Waals surface area contributed by atoms with Crippen molar-refractivity contribution in [2.75, 3.05) is 20.2 Å². The van der Waals surface area contributed by atoms with Crippen LogP contribution in [0.3, 0.4) is 0 Å². The zero-order valence-corrected chi connectivity index (χ0v) is 9.21. The number of benzene rings is 1. The van der Waals surface area contributed by atoms with Crippen LogP contribution in [0, 0.1) is 0 Å². The number of nitrogens with one attached hydrogen (secondary N) is 1. The molecule has 2 nitrogen and oxygen atoms in total. The molecule has 0 bridgehead atoms. The Morgan fingerprint density at radius 3 is 2.64 bits per heavy atom. The van der Waals surface area contributed by atoms with Crippen LogP contribution >= 0.6 is 0 Å². The standard InChI is InChI=1S/C12H19NO/c1-10(2)11-6-4-5-7-12(11)14-9-8-13-3/h4-7,10,13H,8-9H2,1-3H3. The largest absolute Gasteiger partial charge is 0.492 e. The lowest BCUT2D eigenvalue weighted by molar-refractivity contribution is 0.314. The lowest BCUT2D eigenvalue weighted by atomic mass is 10.0. The maximum Gasteiger partial charge on any atom is 0.122 e. The van der Waals surface area contributed by atoms with Crippen LogP contribution in [0.5, 0.6) is 5.75 Å². The fourth-order valence-corrected chi connectivity index (χ4v) is 1.35. The molecule has 0 aliphatic carbocycles. The van der Waals surface area contributed by atoms with Crippen LogP contribution in [0.1, 0.15) is 25.3 Å². The monoisotopic (exact) mass is 193 g/mol. The molecular weight excluding hydrogens is 174 g/mol. The molecule has 0 spiro atoms. The molecule has 2 heteroatoms. The number of hydrogen-bond acceptors (Lipinski definition) is 2. The van der Waals surface area contributed by atoms with Crippen molar-refractivity contribution in [3.05, 3.63) is 29.8 Å². The number of hydrogen-bond donors (Lipinski definition) is 1. The topological polar surface area (TPSA) is 21.3 Å². The van der Waals surface area contributed by atoms with Crippen LogP contribution in [-0.2, 0) is 0 Å². The summed E-state index contributed by atoms with van der Waals surface area (Å²) >= 11 is 0. The average Bonchev–Trinajstić information content (AvgIpc) is 2.19. The molecule has 14 heavy (non-hydrogen) atoms. The molecule has 0 aromatic heterocycles. The number of para-hydroxylation sites is 1. The van der Waals surface area contributed by atoms with Crippen molar-refractivity contribution in [3.63, 3.8) is 0 Å². The highest BCUT2D eigenvalue weighted by Gasteiger charge is 2.05. The van der Waals surface area contributed by atoms with Gasteiger partial charge in [-0.05, 0) is 24.6 Å². The van der Waals surface area contributed by atoms with E-state index in [-0.39, 0.29) is 0 Å². The van der Waals surface area contributed by atoms with E-state index in [1.165, 1.54) is 5.56 Å². The summed E-state index contributed by atoms with van der Waals surface area (Å²) < 4.78 is 5.68. The molecule has 0 aliphatic heterocycles. The minimum absolute atomic E-state index is 0.515. The lowest BCUT2D eigenvalue weighted by Crippen LogP contribution is -2.16. The first kappa shape index (κ1) is 11.1. The van der Waals surface area contributed by atoms with Gasteiger partial charge in [-0.2, -0.15) is 0 Å². The summed E-state index contributed by atoms with van der Waals surface area (Å²) in [4.78, 5) is 0. The van der Waals surface area contributed by atoms with Gasteiger partial charge in [0.25, 0.3) is 0 Å². The quantitative estimate of drug-likeness (QED) is 0.725. The molecule has 0 saturated heterocycles. The van der Waals surface area contributed by atoms with E-state index in [2.05, 4.69) is 31.3 Å². The van der Waals surface area contributed by atoms with E-state index in [0.29, 0.717) is 5.92 Å². The van der Waals surface area contributed by atoms with Gasteiger partial charge in [0, 0.05) is 6.54 Å². The molecule has 0 amide bonds. The Morgan fingerprint density at radius 1 is 1.29 bits per heavy atom. The SMILES string of the molecule is CNCCOc1ccccc1C(C)C. The summed E-state index contributed by atoms with van der Waals surface area (Å²) in [5.74, 6) is 1.53. The van der Waals surface area contributed by atoms with Crippen LogP contribution in [0.4, 0.5) is 0 Å². The molecular formula is C12H19NO. The predicted octanol–water partition coefficient (Wildman–Crippen LogP) is 2.41. The third-order valence-corrected chi connectivity index (χ3v) is 2.15. The Morgan fingerprint density at radius 2 is 2.00 bits per heavy atom. The van der Waals surface area contributed by atoms with E-state index in [4.69, 9.17) is 4.74 Å². The fourth-order valence-electron chi connectivity index (χ4n) is 1.35. The summed E-state index contributed by atoms with van der Waals surface area (Å²) in [7, 11) is 1.93. The number of rotatable bonds is 5.